The Morgan fingerprint density at radius 3 is 1.52 bits per heavy atom. The van der Waals surface area contributed by atoms with E-state index in [2.05, 4.69) is 6.92 Å². The molecule has 44 heavy (non-hydrogen) atoms. The largest absolute Gasteiger partial charge is 0.455 e. The summed E-state index contributed by atoms with van der Waals surface area (Å²) in [5.74, 6) is -0.281. The molecule has 0 aromatic rings. The van der Waals surface area contributed by atoms with Gasteiger partial charge in [-0.05, 0) is 57.9 Å². The molecule has 3 aliphatic heterocycles. The summed E-state index contributed by atoms with van der Waals surface area (Å²) in [6.45, 7) is 4.09. The molecule has 3 heterocycles. The van der Waals surface area contributed by atoms with E-state index in [-0.39, 0.29) is 42.6 Å². The van der Waals surface area contributed by atoms with Crippen molar-refractivity contribution in [2.75, 3.05) is 0 Å². The van der Waals surface area contributed by atoms with E-state index in [1.807, 2.05) is 13.0 Å². The summed E-state index contributed by atoms with van der Waals surface area (Å²) in [6, 6.07) is 0. The number of cyclic esters (lactones) is 1. The Labute approximate surface area is 268 Å². The zero-order valence-corrected chi connectivity index (χ0v) is 28.1. The molecule has 0 saturated carbocycles. The highest BCUT2D eigenvalue weighted by atomic mass is 16.6. The van der Waals surface area contributed by atoms with Gasteiger partial charge in [0.2, 0.25) is 0 Å². The smallest absolute Gasteiger partial charge is 0.334 e. The van der Waals surface area contributed by atoms with E-state index in [9.17, 15) is 20.1 Å². The molecule has 0 aromatic carbocycles. The van der Waals surface area contributed by atoms with Crippen molar-refractivity contribution in [2.45, 2.75) is 217 Å². The minimum atomic E-state index is -0.463. The van der Waals surface area contributed by atoms with E-state index in [1.165, 1.54) is 70.6 Å². The number of esters is 1. The van der Waals surface area contributed by atoms with Gasteiger partial charge < -0.3 is 29.5 Å². The van der Waals surface area contributed by atoms with Crippen molar-refractivity contribution >= 4 is 5.97 Å². The van der Waals surface area contributed by atoms with Gasteiger partial charge in [0.1, 0.15) is 6.10 Å². The molecule has 0 bridgehead atoms. The van der Waals surface area contributed by atoms with Crippen LogP contribution in [0.3, 0.4) is 0 Å². The summed E-state index contributed by atoms with van der Waals surface area (Å²) in [6.07, 6.45) is 26.1. The molecule has 0 amide bonds. The Morgan fingerprint density at radius 2 is 1.09 bits per heavy atom. The first-order valence-electron chi connectivity index (χ1n) is 18.6. The van der Waals surface area contributed by atoms with Gasteiger partial charge in [-0.15, -0.1) is 0 Å². The summed E-state index contributed by atoms with van der Waals surface area (Å²) in [5, 5.41) is 31.6. The van der Waals surface area contributed by atoms with E-state index in [4.69, 9.17) is 14.2 Å². The standard InChI is InChI=1S/C37H66O7/c1-3-4-5-6-7-11-14-17-20-31(39)33-22-24-35(43-33)36-25-23-34(44-36)32(40)21-18-15-12-9-8-10-13-16-19-30(38)27-29-26-28(2)42-37(29)41/h26,28,30-36,38-40H,3-25,27H2,1-2H3/t28-,30-,31+,32-,33-,34-,35+,36+/m1/s1. The number of rotatable bonds is 25. The molecule has 3 aliphatic rings. The van der Waals surface area contributed by atoms with Crippen LogP contribution in [0.25, 0.3) is 0 Å². The SMILES string of the molecule is CCCCCCCCCC[C@H](O)[C@H]1CC[C@@H]([C@@H]2CC[C@H]([C@H](O)CCCCCCCCCC[C@@H](O)CC3=C[C@@H](C)OC3=O)O2)O1. The van der Waals surface area contributed by atoms with Gasteiger partial charge >= 0.3 is 5.97 Å². The number of unbranched alkanes of at least 4 members (excludes halogenated alkanes) is 14. The minimum Gasteiger partial charge on any atom is -0.455 e. The second-order valence-electron chi connectivity index (χ2n) is 14.0. The lowest BCUT2D eigenvalue weighted by Crippen LogP contribution is -2.33. The molecule has 2 fully saturated rings. The molecule has 0 radical (unpaired) electrons. The first-order chi connectivity index (χ1) is 21.4. The van der Waals surface area contributed by atoms with Gasteiger partial charge in [0.15, 0.2) is 0 Å². The molecule has 7 nitrogen and oxygen atoms in total. The van der Waals surface area contributed by atoms with Gasteiger partial charge in [0.05, 0.1) is 42.7 Å². The molecule has 3 N–H and O–H groups in total. The van der Waals surface area contributed by atoms with Crippen LogP contribution >= 0.6 is 0 Å². The maximum Gasteiger partial charge on any atom is 0.334 e. The number of aliphatic hydroxyl groups is 3. The molecule has 7 heteroatoms. The fourth-order valence-corrected chi connectivity index (χ4v) is 7.28. The van der Waals surface area contributed by atoms with E-state index in [0.29, 0.717) is 12.0 Å². The van der Waals surface area contributed by atoms with Crippen LogP contribution in [0.2, 0.25) is 0 Å². The highest BCUT2D eigenvalue weighted by molar-refractivity contribution is 5.90. The predicted molar refractivity (Wildman–Crippen MR) is 175 cm³/mol. The van der Waals surface area contributed by atoms with Crippen LogP contribution in [0.4, 0.5) is 0 Å². The molecular formula is C37H66O7. The van der Waals surface area contributed by atoms with Crippen molar-refractivity contribution in [2.24, 2.45) is 0 Å². The van der Waals surface area contributed by atoms with E-state index in [1.54, 1.807) is 0 Å². The van der Waals surface area contributed by atoms with Crippen molar-refractivity contribution in [3.05, 3.63) is 11.6 Å². The van der Waals surface area contributed by atoms with Crippen molar-refractivity contribution in [3.63, 3.8) is 0 Å². The maximum absolute atomic E-state index is 11.7. The summed E-state index contributed by atoms with van der Waals surface area (Å²) in [7, 11) is 0. The number of hydrogen-bond donors (Lipinski definition) is 3. The average Bonchev–Trinajstić information content (AvgIpc) is 3.75. The van der Waals surface area contributed by atoms with Crippen LogP contribution in [0, 0.1) is 0 Å². The van der Waals surface area contributed by atoms with Crippen molar-refractivity contribution in [1.82, 2.24) is 0 Å². The summed E-state index contributed by atoms with van der Waals surface area (Å²) in [4.78, 5) is 11.7. The van der Waals surface area contributed by atoms with Crippen LogP contribution in [0.5, 0.6) is 0 Å². The third-order valence-corrected chi connectivity index (χ3v) is 10.0. The van der Waals surface area contributed by atoms with Gasteiger partial charge in [-0.1, -0.05) is 110 Å². The van der Waals surface area contributed by atoms with Crippen LogP contribution < -0.4 is 0 Å². The predicted octanol–water partition coefficient (Wildman–Crippen LogP) is 7.86. The van der Waals surface area contributed by atoms with Crippen LogP contribution in [0.15, 0.2) is 11.6 Å². The van der Waals surface area contributed by atoms with Gasteiger partial charge in [-0.2, -0.15) is 0 Å². The van der Waals surface area contributed by atoms with Crippen LogP contribution in [0.1, 0.15) is 168 Å². The zero-order valence-electron chi connectivity index (χ0n) is 28.1. The lowest BCUT2D eigenvalue weighted by atomic mass is 10.00. The minimum absolute atomic E-state index is 0.0519. The Bertz CT molecular complexity index is 801. The molecule has 256 valence electrons. The molecule has 2 saturated heterocycles. The van der Waals surface area contributed by atoms with Crippen molar-refractivity contribution in [1.29, 1.82) is 0 Å². The highest BCUT2D eigenvalue weighted by Gasteiger charge is 2.40. The number of carbonyl (C=O) groups excluding carboxylic acids is 1. The van der Waals surface area contributed by atoms with Gasteiger partial charge in [0, 0.05) is 12.0 Å². The van der Waals surface area contributed by atoms with Crippen LogP contribution in [-0.4, -0.2) is 70.1 Å². The number of carbonyl (C=O) groups is 1. The third-order valence-electron chi connectivity index (χ3n) is 10.0. The number of ether oxygens (including phenoxy) is 3. The average molecular weight is 623 g/mol. The third kappa shape index (κ3) is 14.2. The molecule has 0 aliphatic carbocycles. The second-order valence-corrected chi connectivity index (χ2v) is 14.0. The normalized spacial score (nSPS) is 27.4. The molecule has 8 atom stereocenters. The Morgan fingerprint density at radius 1 is 0.659 bits per heavy atom. The molecule has 0 unspecified atom stereocenters. The van der Waals surface area contributed by atoms with Crippen LogP contribution in [-0.2, 0) is 19.0 Å². The maximum atomic E-state index is 11.7. The van der Waals surface area contributed by atoms with Gasteiger partial charge in [-0.3, -0.25) is 0 Å². The highest BCUT2D eigenvalue weighted by Crippen LogP contribution is 2.34. The molecule has 3 rings (SSSR count). The second kappa shape index (κ2) is 21.7. The Hall–Kier alpha value is -0.990. The number of aliphatic hydroxyl groups excluding tert-OH is 3. The zero-order chi connectivity index (χ0) is 31.6. The monoisotopic (exact) mass is 622 g/mol. The quantitative estimate of drug-likeness (QED) is 0.0703. The first-order valence-corrected chi connectivity index (χ1v) is 18.6. The molecule has 0 spiro atoms. The van der Waals surface area contributed by atoms with Crippen molar-refractivity contribution < 1.29 is 34.3 Å². The van der Waals surface area contributed by atoms with E-state index in [0.717, 1.165) is 77.0 Å². The first kappa shape index (κ1) is 37.5. The van der Waals surface area contributed by atoms with Gasteiger partial charge in [0.25, 0.3) is 0 Å². The van der Waals surface area contributed by atoms with Gasteiger partial charge in [-0.25, -0.2) is 4.79 Å². The van der Waals surface area contributed by atoms with E-state index >= 15 is 0 Å². The summed E-state index contributed by atoms with van der Waals surface area (Å²) in [5.41, 5.74) is 0.617. The molecular weight excluding hydrogens is 556 g/mol. The fraction of sp³-hybridized carbons (Fsp3) is 0.919. The fourth-order valence-electron chi connectivity index (χ4n) is 7.28. The summed E-state index contributed by atoms with van der Waals surface area (Å²) >= 11 is 0. The lowest BCUT2D eigenvalue weighted by molar-refractivity contribution is -0.139. The summed E-state index contributed by atoms with van der Waals surface area (Å²) < 4.78 is 17.7. The topological polar surface area (TPSA) is 105 Å². The lowest BCUT2D eigenvalue weighted by Gasteiger charge is -2.24. The number of hydrogen-bond acceptors (Lipinski definition) is 7. The Balaban J connectivity index is 1.13. The molecule has 0 aromatic heterocycles. The van der Waals surface area contributed by atoms with E-state index < -0.39 is 12.2 Å². The Kier molecular flexibility index (Phi) is 18.5. The van der Waals surface area contributed by atoms with Crippen molar-refractivity contribution in [3.8, 4) is 0 Å².